The van der Waals surface area contributed by atoms with E-state index in [2.05, 4.69) is 9.44 Å². The Kier molecular flexibility index (Phi) is 7.41. The number of morpholine rings is 2. The second-order valence-corrected chi connectivity index (χ2v) is 10.5. The van der Waals surface area contributed by atoms with E-state index in [-0.39, 0.29) is 63.7 Å². The minimum absolute atomic E-state index is 0.0306. The van der Waals surface area contributed by atoms with Gasteiger partial charge < -0.3 is 9.47 Å². The molecule has 0 bridgehead atoms. The molecule has 0 aromatic carbocycles. The second kappa shape index (κ2) is 8.78. The summed E-state index contributed by atoms with van der Waals surface area (Å²) >= 11 is 0. The number of hydrogen-bond donors (Lipinski definition) is 2. The van der Waals surface area contributed by atoms with Crippen LogP contribution in [-0.2, 0) is 29.9 Å². The Morgan fingerprint density at radius 3 is 1.23 bits per heavy atom. The predicted molar refractivity (Wildman–Crippen MR) is 97.0 cm³/mol. The van der Waals surface area contributed by atoms with Crippen LogP contribution in [0.3, 0.4) is 0 Å². The lowest BCUT2D eigenvalue weighted by molar-refractivity contribution is -0.0446. The van der Waals surface area contributed by atoms with Crippen molar-refractivity contribution in [3.8, 4) is 0 Å². The number of nitrogens with one attached hydrogen (secondary N) is 2. The summed E-state index contributed by atoms with van der Waals surface area (Å²) in [6, 6.07) is 0. The SMILES string of the molecule is C[C@@H]1CN(S(=O)(=O)NCCNS(=O)(=O)N2C[C@H](C)O[C@@H](C)C2)C[C@H](C)O1. The van der Waals surface area contributed by atoms with Gasteiger partial charge in [-0.1, -0.05) is 0 Å². The molecule has 2 aliphatic rings. The molecule has 0 aromatic heterocycles. The van der Waals surface area contributed by atoms with E-state index in [1.54, 1.807) is 0 Å². The summed E-state index contributed by atoms with van der Waals surface area (Å²) in [5.41, 5.74) is 0. The Morgan fingerprint density at radius 1 is 0.692 bits per heavy atom. The van der Waals surface area contributed by atoms with Crippen LogP contribution in [0.2, 0.25) is 0 Å². The van der Waals surface area contributed by atoms with Crippen LogP contribution in [0, 0.1) is 0 Å². The molecule has 2 heterocycles. The zero-order valence-corrected chi connectivity index (χ0v) is 17.3. The first-order valence-electron chi connectivity index (χ1n) is 8.80. The molecule has 0 amide bonds. The van der Waals surface area contributed by atoms with Crippen molar-refractivity contribution in [1.82, 2.24) is 18.1 Å². The quantitative estimate of drug-likeness (QED) is 0.509. The van der Waals surface area contributed by atoms with Crippen molar-refractivity contribution in [2.75, 3.05) is 39.3 Å². The zero-order valence-electron chi connectivity index (χ0n) is 15.7. The van der Waals surface area contributed by atoms with E-state index in [1.165, 1.54) is 8.61 Å². The third-order valence-corrected chi connectivity index (χ3v) is 7.24. The smallest absolute Gasteiger partial charge is 0.279 e. The number of nitrogens with zero attached hydrogens (tertiary/aromatic N) is 2. The van der Waals surface area contributed by atoms with Crippen LogP contribution in [0.5, 0.6) is 0 Å². The van der Waals surface area contributed by atoms with Crippen LogP contribution in [0.15, 0.2) is 0 Å². The van der Waals surface area contributed by atoms with Crippen LogP contribution in [0.4, 0.5) is 0 Å². The third kappa shape index (κ3) is 6.09. The molecule has 0 unspecified atom stereocenters. The van der Waals surface area contributed by atoms with Gasteiger partial charge in [0.1, 0.15) is 0 Å². The van der Waals surface area contributed by atoms with Gasteiger partial charge in [-0.15, -0.1) is 0 Å². The van der Waals surface area contributed by atoms with Gasteiger partial charge in [-0.2, -0.15) is 25.4 Å². The molecule has 0 radical (unpaired) electrons. The van der Waals surface area contributed by atoms with Crippen molar-refractivity contribution in [3.63, 3.8) is 0 Å². The van der Waals surface area contributed by atoms with Gasteiger partial charge in [-0.25, -0.2) is 9.44 Å². The summed E-state index contributed by atoms with van der Waals surface area (Å²) in [6.07, 6.45) is -0.725. The van der Waals surface area contributed by atoms with Crippen molar-refractivity contribution in [2.24, 2.45) is 0 Å². The lowest BCUT2D eigenvalue weighted by Gasteiger charge is -2.35. The Labute approximate surface area is 156 Å². The van der Waals surface area contributed by atoms with Crippen LogP contribution in [0.1, 0.15) is 27.7 Å². The van der Waals surface area contributed by atoms with Gasteiger partial charge in [-0.3, -0.25) is 0 Å². The second-order valence-electron chi connectivity index (χ2n) is 6.95. The van der Waals surface area contributed by atoms with E-state index < -0.39 is 20.4 Å². The standard InChI is InChI=1S/C14H30N4O6S2/c1-11-7-17(8-12(2)23-11)25(19,20)15-5-6-16-26(21,22)18-9-13(3)24-14(4)10-18/h11-16H,5-10H2,1-4H3/t11-,12-,13-,14+/m0/s1. The van der Waals surface area contributed by atoms with E-state index in [0.29, 0.717) is 0 Å². The van der Waals surface area contributed by atoms with Crippen LogP contribution in [0.25, 0.3) is 0 Å². The highest BCUT2D eigenvalue weighted by atomic mass is 32.2. The fourth-order valence-corrected chi connectivity index (χ4v) is 5.91. The highest BCUT2D eigenvalue weighted by Crippen LogP contribution is 2.14. The molecule has 12 heteroatoms. The van der Waals surface area contributed by atoms with Gasteiger partial charge in [-0.05, 0) is 27.7 Å². The molecule has 2 aliphatic heterocycles. The van der Waals surface area contributed by atoms with Gasteiger partial charge in [0.05, 0.1) is 24.4 Å². The molecule has 4 atom stereocenters. The van der Waals surface area contributed by atoms with Crippen molar-refractivity contribution in [1.29, 1.82) is 0 Å². The first-order valence-corrected chi connectivity index (χ1v) is 11.7. The van der Waals surface area contributed by atoms with Gasteiger partial charge in [0.25, 0.3) is 20.4 Å². The van der Waals surface area contributed by atoms with E-state index >= 15 is 0 Å². The maximum atomic E-state index is 12.3. The Balaban J connectivity index is 1.81. The largest absolute Gasteiger partial charge is 0.373 e. The maximum Gasteiger partial charge on any atom is 0.279 e. The molecule has 0 saturated carbocycles. The maximum absolute atomic E-state index is 12.3. The van der Waals surface area contributed by atoms with Crippen LogP contribution < -0.4 is 9.44 Å². The molecule has 2 rings (SSSR count). The van der Waals surface area contributed by atoms with E-state index in [9.17, 15) is 16.8 Å². The molecule has 0 aromatic rings. The first kappa shape index (κ1) is 22.0. The zero-order chi connectivity index (χ0) is 19.5. The summed E-state index contributed by atoms with van der Waals surface area (Å²) in [4.78, 5) is 0. The Morgan fingerprint density at radius 2 is 0.962 bits per heavy atom. The summed E-state index contributed by atoms with van der Waals surface area (Å²) in [5, 5.41) is 0. The topological polar surface area (TPSA) is 117 Å². The lowest BCUT2D eigenvalue weighted by atomic mass is 10.3. The summed E-state index contributed by atoms with van der Waals surface area (Å²) in [5.74, 6) is 0. The van der Waals surface area contributed by atoms with Crippen LogP contribution >= 0.6 is 0 Å². The van der Waals surface area contributed by atoms with Gasteiger partial charge in [0.15, 0.2) is 0 Å². The average Bonchev–Trinajstić information content (AvgIpc) is 2.50. The van der Waals surface area contributed by atoms with Crippen molar-refractivity contribution in [2.45, 2.75) is 52.1 Å². The number of hydrogen-bond acceptors (Lipinski definition) is 6. The molecule has 2 saturated heterocycles. The molecule has 2 N–H and O–H groups in total. The minimum atomic E-state index is -3.67. The van der Waals surface area contributed by atoms with Crippen molar-refractivity contribution in [3.05, 3.63) is 0 Å². The molecule has 26 heavy (non-hydrogen) atoms. The summed E-state index contributed by atoms with van der Waals surface area (Å²) in [6.45, 7) is 8.29. The average molecular weight is 415 g/mol. The highest BCUT2D eigenvalue weighted by molar-refractivity contribution is 7.87. The number of ether oxygens (including phenoxy) is 2. The molecule has 2 fully saturated rings. The van der Waals surface area contributed by atoms with E-state index in [0.717, 1.165) is 0 Å². The molecular weight excluding hydrogens is 384 g/mol. The first-order chi connectivity index (χ1) is 12.0. The molecule has 0 aliphatic carbocycles. The van der Waals surface area contributed by atoms with E-state index in [1.807, 2.05) is 27.7 Å². The third-order valence-electron chi connectivity index (χ3n) is 4.15. The minimum Gasteiger partial charge on any atom is -0.373 e. The predicted octanol–water partition coefficient (Wildman–Crippen LogP) is -1.13. The normalized spacial score (nSPS) is 32.6. The van der Waals surface area contributed by atoms with Crippen molar-refractivity contribution < 1.29 is 26.3 Å². The summed E-state index contributed by atoms with van der Waals surface area (Å²) in [7, 11) is -7.35. The van der Waals surface area contributed by atoms with Gasteiger partial charge in [0.2, 0.25) is 0 Å². The molecular formula is C14H30N4O6S2. The van der Waals surface area contributed by atoms with Crippen LogP contribution in [-0.4, -0.2) is 89.1 Å². The van der Waals surface area contributed by atoms with E-state index in [4.69, 9.17) is 9.47 Å². The van der Waals surface area contributed by atoms with Gasteiger partial charge >= 0.3 is 0 Å². The highest BCUT2D eigenvalue weighted by Gasteiger charge is 2.32. The number of rotatable bonds is 7. The molecule has 154 valence electrons. The lowest BCUT2D eigenvalue weighted by Crippen LogP contribution is -2.54. The Bertz CT molecular complexity index is 593. The summed E-state index contributed by atoms with van der Waals surface area (Å²) < 4.78 is 67.9. The fraction of sp³-hybridized carbons (Fsp3) is 1.00. The molecule has 10 nitrogen and oxygen atoms in total. The monoisotopic (exact) mass is 414 g/mol. The fourth-order valence-electron chi connectivity index (χ4n) is 3.20. The van der Waals surface area contributed by atoms with Crippen molar-refractivity contribution >= 4 is 20.4 Å². The van der Waals surface area contributed by atoms with Gasteiger partial charge in [0, 0.05) is 39.3 Å². The Hall–Kier alpha value is -0.340. The molecule has 0 spiro atoms.